The third-order valence-electron chi connectivity index (χ3n) is 4.69. The summed E-state index contributed by atoms with van der Waals surface area (Å²) in [4.78, 5) is 58.6. The van der Waals surface area contributed by atoms with Crippen LogP contribution in [0.3, 0.4) is 0 Å². The summed E-state index contributed by atoms with van der Waals surface area (Å²) in [6.45, 7) is 3.75. The molecule has 0 saturated carbocycles. The second kappa shape index (κ2) is 9.25. The zero-order valence-corrected chi connectivity index (χ0v) is 15.8. The minimum absolute atomic E-state index is 0.0657. The van der Waals surface area contributed by atoms with Crippen LogP contribution in [-0.2, 0) is 33.4 Å². The van der Waals surface area contributed by atoms with Gasteiger partial charge in [-0.1, -0.05) is 32.4 Å². The molecule has 0 fully saturated rings. The number of rotatable bonds is 10. The Hall–Kier alpha value is -3.03. The quantitative estimate of drug-likeness (QED) is 0.445. The Morgan fingerprint density at radius 2 is 1.50 bits per heavy atom. The molecule has 150 valence electrons. The lowest BCUT2D eigenvalue weighted by Crippen LogP contribution is -2.11. The topological polar surface area (TPSA) is 124 Å². The first-order valence-electron chi connectivity index (χ1n) is 9.14. The number of carbonyl (C=O) groups excluding carboxylic acids is 4. The minimum atomic E-state index is -1.09. The zero-order valence-electron chi connectivity index (χ0n) is 15.8. The maximum absolute atomic E-state index is 12.0. The zero-order chi connectivity index (χ0) is 20.8. The SMILES string of the molecule is CCC=CC1=C(CC(CC)CC2=C(CCC(=O)O)C(=O)OC2=O)C(=O)OC1=O. The molecule has 28 heavy (non-hydrogen) atoms. The number of cyclic esters (lactones) is 4. The van der Waals surface area contributed by atoms with Crippen molar-refractivity contribution in [2.45, 2.75) is 52.4 Å². The van der Waals surface area contributed by atoms with E-state index in [0.717, 1.165) is 0 Å². The summed E-state index contributed by atoms with van der Waals surface area (Å²) < 4.78 is 9.33. The largest absolute Gasteiger partial charge is 0.481 e. The molecule has 0 aromatic carbocycles. The van der Waals surface area contributed by atoms with Crippen LogP contribution in [0.25, 0.3) is 0 Å². The van der Waals surface area contributed by atoms with Crippen LogP contribution in [0.2, 0.25) is 0 Å². The van der Waals surface area contributed by atoms with Crippen LogP contribution in [0, 0.1) is 5.92 Å². The van der Waals surface area contributed by atoms with Crippen LogP contribution in [-0.4, -0.2) is 35.0 Å². The fraction of sp³-hybridized carbons (Fsp3) is 0.450. The van der Waals surface area contributed by atoms with Gasteiger partial charge in [-0.2, -0.15) is 0 Å². The number of hydrogen-bond donors (Lipinski definition) is 1. The molecule has 0 aliphatic carbocycles. The number of carboxylic acids is 1. The highest BCUT2D eigenvalue weighted by molar-refractivity contribution is 6.14. The third kappa shape index (κ3) is 4.82. The lowest BCUT2D eigenvalue weighted by molar-refractivity contribution is -0.152. The highest BCUT2D eigenvalue weighted by atomic mass is 16.6. The Balaban J connectivity index is 2.26. The monoisotopic (exact) mass is 390 g/mol. The second-order valence-electron chi connectivity index (χ2n) is 6.59. The molecule has 2 aliphatic heterocycles. The van der Waals surface area contributed by atoms with Crippen molar-refractivity contribution in [1.29, 1.82) is 0 Å². The number of carbonyl (C=O) groups is 5. The molecule has 0 radical (unpaired) electrons. The van der Waals surface area contributed by atoms with Crippen LogP contribution >= 0.6 is 0 Å². The molecule has 0 aromatic rings. The summed E-state index contributed by atoms with van der Waals surface area (Å²) in [5.41, 5.74) is 0.653. The molecule has 0 bridgehead atoms. The number of esters is 4. The number of allylic oxidation sites excluding steroid dienone is 1. The summed E-state index contributed by atoms with van der Waals surface area (Å²) in [6, 6.07) is 0. The van der Waals surface area contributed by atoms with E-state index in [1.807, 2.05) is 13.8 Å². The van der Waals surface area contributed by atoms with Gasteiger partial charge in [0.1, 0.15) is 0 Å². The maximum atomic E-state index is 12.0. The molecule has 8 heteroatoms. The van der Waals surface area contributed by atoms with Crippen molar-refractivity contribution in [3.8, 4) is 0 Å². The van der Waals surface area contributed by atoms with E-state index in [1.54, 1.807) is 12.2 Å². The Morgan fingerprint density at radius 1 is 0.929 bits per heavy atom. The molecule has 2 rings (SSSR count). The molecule has 0 saturated heterocycles. The lowest BCUT2D eigenvalue weighted by Gasteiger charge is -2.15. The summed E-state index contributed by atoms with van der Waals surface area (Å²) >= 11 is 0. The van der Waals surface area contributed by atoms with Gasteiger partial charge in [0.2, 0.25) is 0 Å². The Bertz CT molecular complexity index is 812. The van der Waals surface area contributed by atoms with Crippen molar-refractivity contribution in [3.05, 3.63) is 34.4 Å². The Morgan fingerprint density at radius 3 is 2.11 bits per heavy atom. The molecular formula is C20H22O8. The van der Waals surface area contributed by atoms with Gasteiger partial charge in [-0.05, 0) is 31.6 Å². The van der Waals surface area contributed by atoms with E-state index >= 15 is 0 Å². The predicted octanol–water partition coefficient (Wildman–Crippen LogP) is 2.38. The van der Waals surface area contributed by atoms with Crippen LogP contribution in [0.4, 0.5) is 0 Å². The maximum Gasteiger partial charge on any atom is 0.346 e. The summed E-state index contributed by atoms with van der Waals surface area (Å²) in [7, 11) is 0. The highest BCUT2D eigenvalue weighted by Gasteiger charge is 2.36. The average molecular weight is 390 g/mol. The molecule has 2 aliphatic rings. The number of ether oxygens (including phenoxy) is 2. The van der Waals surface area contributed by atoms with Gasteiger partial charge in [-0.3, -0.25) is 4.79 Å². The molecule has 0 amide bonds. The van der Waals surface area contributed by atoms with Gasteiger partial charge in [-0.15, -0.1) is 0 Å². The van der Waals surface area contributed by atoms with Crippen molar-refractivity contribution in [2.75, 3.05) is 0 Å². The van der Waals surface area contributed by atoms with Crippen molar-refractivity contribution in [1.82, 2.24) is 0 Å². The van der Waals surface area contributed by atoms with Crippen molar-refractivity contribution in [2.24, 2.45) is 5.92 Å². The van der Waals surface area contributed by atoms with E-state index < -0.39 is 29.8 Å². The van der Waals surface area contributed by atoms with Crippen molar-refractivity contribution < 1.29 is 38.6 Å². The van der Waals surface area contributed by atoms with Crippen LogP contribution in [0.15, 0.2) is 34.4 Å². The standard InChI is InChI=1S/C20H22O8/c1-3-5-6-12-14(19(25)27-17(12)23)9-11(4-2)10-15-13(7-8-16(21)22)18(24)28-20(15)26/h5-6,11H,3-4,7-10H2,1-2H3,(H,21,22). The highest BCUT2D eigenvalue weighted by Crippen LogP contribution is 2.33. The Labute approximate surface area is 161 Å². The molecule has 2 heterocycles. The van der Waals surface area contributed by atoms with E-state index in [-0.39, 0.29) is 53.9 Å². The predicted molar refractivity (Wildman–Crippen MR) is 95.6 cm³/mol. The summed E-state index contributed by atoms with van der Waals surface area (Å²) in [6.07, 6.45) is 4.49. The molecular weight excluding hydrogens is 368 g/mol. The minimum Gasteiger partial charge on any atom is -0.481 e. The molecule has 8 nitrogen and oxygen atoms in total. The fourth-order valence-electron chi connectivity index (χ4n) is 3.11. The second-order valence-corrected chi connectivity index (χ2v) is 6.59. The first-order valence-corrected chi connectivity index (χ1v) is 9.14. The van der Waals surface area contributed by atoms with Gasteiger partial charge in [0.05, 0.1) is 11.1 Å². The van der Waals surface area contributed by atoms with Gasteiger partial charge >= 0.3 is 29.8 Å². The molecule has 0 aromatic heterocycles. The molecule has 1 unspecified atom stereocenters. The smallest absolute Gasteiger partial charge is 0.346 e. The van der Waals surface area contributed by atoms with E-state index in [1.165, 1.54) is 0 Å². The number of carboxylic acid groups (broad SMARTS) is 1. The average Bonchev–Trinajstić information content (AvgIpc) is 3.05. The third-order valence-corrected chi connectivity index (χ3v) is 4.69. The van der Waals surface area contributed by atoms with Crippen LogP contribution < -0.4 is 0 Å². The van der Waals surface area contributed by atoms with Gasteiger partial charge in [0, 0.05) is 17.6 Å². The first kappa shape index (κ1) is 21.3. The van der Waals surface area contributed by atoms with E-state index in [2.05, 4.69) is 4.74 Å². The Kier molecular flexibility index (Phi) is 7.03. The summed E-state index contributed by atoms with van der Waals surface area (Å²) in [5, 5.41) is 8.83. The normalized spacial score (nSPS) is 18.4. The molecule has 1 N–H and O–H groups in total. The summed E-state index contributed by atoms with van der Waals surface area (Å²) in [5.74, 6) is -4.32. The molecule has 1 atom stereocenters. The van der Waals surface area contributed by atoms with Crippen molar-refractivity contribution >= 4 is 29.8 Å². The van der Waals surface area contributed by atoms with E-state index in [9.17, 15) is 24.0 Å². The fourth-order valence-corrected chi connectivity index (χ4v) is 3.11. The van der Waals surface area contributed by atoms with Crippen LogP contribution in [0.1, 0.15) is 52.4 Å². The van der Waals surface area contributed by atoms with Crippen LogP contribution in [0.5, 0.6) is 0 Å². The van der Waals surface area contributed by atoms with E-state index in [4.69, 9.17) is 9.84 Å². The van der Waals surface area contributed by atoms with Gasteiger partial charge in [-0.25, -0.2) is 19.2 Å². The number of hydrogen-bond acceptors (Lipinski definition) is 7. The van der Waals surface area contributed by atoms with E-state index in [0.29, 0.717) is 12.8 Å². The van der Waals surface area contributed by atoms with Gasteiger partial charge in [0.15, 0.2) is 0 Å². The lowest BCUT2D eigenvalue weighted by atomic mass is 9.87. The number of aliphatic carboxylic acids is 1. The first-order chi connectivity index (χ1) is 13.3. The van der Waals surface area contributed by atoms with Gasteiger partial charge < -0.3 is 14.6 Å². The van der Waals surface area contributed by atoms with Crippen molar-refractivity contribution in [3.63, 3.8) is 0 Å². The molecule has 0 spiro atoms. The van der Waals surface area contributed by atoms with Gasteiger partial charge in [0.25, 0.3) is 0 Å².